The number of rotatable bonds is 8. The molecule has 2 heteroatoms. The Balaban J connectivity index is 1.57. The highest BCUT2D eigenvalue weighted by atomic mass is 15.2. The minimum Gasteiger partial charge on any atom is -0.303 e. The van der Waals surface area contributed by atoms with Gasteiger partial charge in [-0.1, -0.05) is 67.1 Å². The van der Waals surface area contributed by atoms with Crippen LogP contribution in [-0.4, -0.2) is 42.5 Å². The van der Waals surface area contributed by atoms with Gasteiger partial charge >= 0.3 is 0 Å². The lowest BCUT2D eigenvalue weighted by Crippen LogP contribution is -2.39. The summed E-state index contributed by atoms with van der Waals surface area (Å²) in [4.78, 5) is 5.21. The van der Waals surface area contributed by atoms with Crippen LogP contribution in [0.15, 0.2) is 60.7 Å². The molecule has 134 valence electrons. The first-order valence-corrected chi connectivity index (χ1v) is 9.82. The average molecular weight is 337 g/mol. The van der Waals surface area contributed by atoms with Crippen LogP contribution in [0.25, 0.3) is 0 Å². The van der Waals surface area contributed by atoms with Gasteiger partial charge in [-0.15, -0.1) is 0 Å². The van der Waals surface area contributed by atoms with Crippen LogP contribution in [0.3, 0.4) is 0 Å². The van der Waals surface area contributed by atoms with Gasteiger partial charge in [-0.25, -0.2) is 0 Å². The summed E-state index contributed by atoms with van der Waals surface area (Å²) < 4.78 is 0. The van der Waals surface area contributed by atoms with E-state index in [1.54, 1.807) is 0 Å². The molecule has 1 heterocycles. The normalized spacial score (nSPS) is 18.6. The molecule has 0 aromatic heterocycles. The van der Waals surface area contributed by atoms with Gasteiger partial charge in [-0.3, -0.25) is 4.90 Å². The van der Waals surface area contributed by atoms with E-state index in [0.29, 0.717) is 0 Å². The Hall–Kier alpha value is -1.64. The lowest BCUT2D eigenvalue weighted by Gasteiger charge is -2.34. The van der Waals surface area contributed by atoms with Crippen LogP contribution in [0, 0.1) is 0 Å². The van der Waals surface area contributed by atoms with Crippen molar-refractivity contribution in [3.8, 4) is 0 Å². The van der Waals surface area contributed by atoms with E-state index >= 15 is 0 Å². The monoisotopic (exact) mass is 336 g/mol. The Kier molecular flexibility index (Phi) is 7.08. The molecule has 1 fully saturated rings. The summed E-state index contributed by atoms with van der Waals surface area (Å²) in [6.07, 6.45) is 6.56. The Bertz CT molecular complexity index is 596. The fourth-order valence-electron chi connectivity index (χ4n) is 3.88. The molecule has 0 aliphatic carbocycles. The highest BCUT2D eigenvalue weighted by Gasteiger charge is 2.19. The van der Waals surface area contributed by atoms with Gasteiger partial charge in [0.1, 0.15) is 0 Å². The van der Waals surface area contributed by atoms with Crippen LogP contribution >= 0.6 is 0 Å². The second-order valence-electron chi connectivity index (χ2n) is 7.42. The molecule has 0 bridgehead atoms. The Morgan fingerprint density at radius 2 is 1.56 bits per heavy atom. The zero-order valence-corrected chi connectivity index (χ0v) is 15.6. The number of hydrogen-bond acceptors (Lipinski definition) is 2. The molecule has 0 saturated carbocycles. The average Bonchev–Trinajstić information content (AvgIpc) is 2.67. The highest BCUT2D eigenvalue weighted by molar-refractivity contribution is 5.16. The summed E-state index contributed by atoms with van der Waals surface area (Å²) in [5, 5.41) is 0. The third kappa shape index (κ3) is 5.98. The lowest BCUT2D eigenvalue weighted by molar-refractivity contribution is 0.152. The lowest BCUT2D eigenvalue weighted by atomic mass is 9.99. The number of benzene rings is 2. The molecular formula is C23H32N2. The van der Waals surface area contributed by atoms with E-state index in [-0.39, 0.29) is 0 Å². The molecule has 1 aliphatic rings. The SMILES string of the molecule is CN1CCCCC1CCN(CCc1ccccc1)Cc1ccccc1. The first kappa shape index (κ1) is 18.2. The van der Waals surface area contributed by atoms with Crippen molar-refractivity contribution < 1.29 is 0 Å². The second kappa shape index (κ2) is 9.74. The number of nitrogens with zero attached hydrogens (tertiary/aromatic N) is 2. The molecule has 2 nitrogen and oxygen atoms in total. The largest absolute Gasteiger partial charge is 0.303 e. The molecule has 0 N–H and O–H groups in total. The van der Waals surface area contributed by atoms with E-state index in [1.807, 2.05) is 0 Å². The Labute approximate surface area is 153 Å². The van der Waals surface area contributed by atoms with Crippen molar-refractivity contribution in [2.24, 2.45) is 0 Å². The summed E-state index contributed by atoms with van der Waals surface area (Å²) in [5.74, 6) is 0. The van der Waals surface area contributed by atoms with Crippen molar-refractivity contribution in [3.05, 3.63) is 71.8 Å². The van der Waals surface area contributed by atoms with E-state index in [4.69, 9.17) is 0 Å². The minimum absolute atomic E-state index is 0.767. The van der Waals surface area contributed by atoms with Crippen molar-refractivity contribution >= 4 is 0 Å². The number of piperidine rings is 1. The smallest absolute Gasteiger partial charge is 0.0233 e. The molecule has 3 rings (SSSR count). The van der Waals surface area contributed by atoms with E-state index in [2.05, 4.69) is 77.5 Å². The van der Waals surface area contributed by atoms with Crippen LogP contribution in [0.4, 0.5) is 0 Å². The predicted octanol–water partition coefficient (Wildman–Crippen LogP) is 4.61. The van der Waals surface area contributed by atoms with Crippen molar-refractivity contribution in [2.75, 3.05) is 26.7 Å². The van der Waals surface area contributed by atoms with Gasteiger partial charge in [-0.2, -0.15) is 0 Å². The summed E-state index contributed by atoms with van der Waals surface area (Å²) >= 11 is 0. The third-order valence-corrected chi connectivity index (χ3v) is 5.51. The van der Waals surface area contributed by atoms with Gasteiger partial charge in [-0.05, 0) is 56.9 Å². The van der Waals surface area contributed by atoms with Crippen molar-refractivity contribution in [3.63, 3.8) is 0 Å². The number of likely N-dealkylation sites (tertiary alicyclic amines) is 1. The van der Waals surface area contributed by atoms with E-state index < -0.39 is 0 Å². The van der Waals surface area contributed by atoms with Gasteiger partial charge in [0.15, 0.2) is 0 Å². The molecule has 1 atom stereocenters. The molecule has 2 aromatic carbocycles. The van der Waals surface area contributed by atoms with Crippen molar-refractivity contribution in [1.29, 1.82) is 0 Å². The molecule has 2 aromatic rings. The summed E-state index contributed by atoms with van der Waals surface area (Å²) in [5.41, 5.74) is 2.86. The quantitative estimate of drug-likeness (QED) is 0.695. The zero-order chi connectivity index (χ0) is 17.3. The van der Waals surface area contributed by atoms with Crippen LogP contribution < -0.4 is 0 Å². The van der Waals surface area contributed by atoms with Crippen molar-refractivity contribution in [1.82, 2.24) is 9.80 Å². The van der Waals surface area contributed by atoms with Gasteiger partial charge in [0.25, 0.3) is 0 Å². The Morgan fingerprint density at radius 1 is 0.880 bits per heavy atom. The maximum Gasteiger partial charge on any atom is 0.0233 e. The highest BCUT2D eigenvalue weighted by Crippen LogP contribution is 2.19. The first-order valence-electron chi connectivity index (χ1n) is 9.82. The third-order valence-electron chi connectivity index (χ3n) is 5.51. The first-order chi connectivity index (χ1) is 12.3. The molecule has 1 aliphatic heterocycles. The van der Waals surface area contributed by atoms with Crippen LogP contribution in [0.2, 0.25) is 0 Å². The molecule has 0 radical (unpaired) electrons. The summed E-state index contributed by atoms with van der Waals surface area (Å²) in [6, 6.07) is 22.6. The van der Waals surface area contributed by atoms with Gasteiger partial charge < -0.3 is 4.90 Å². The standard InChI is InChI=1S/C23H32N2/c1-24-17-9-8-14-23(24)16-19-25(20-22-12-6-3-7-13-22)18-15-21-10-4-2-5-11-21/h2-7,10-13,23H,8-9,14-20H2,1H3. The zero-order valence-electron chi connectivity index (χ0n) is 15.6. The summed E-state index contributed by atoms with van der Waals surface area (Å²) in [7, 11) is 2.30. The summed E-state index contributed by atoms with van der Waals surface area (Å²) in [6.45, 7) is 4.66. The molecular weight excluding hydrogens is 304 g/mol. The van der Waals surface area contributed by atoms with Gasteiger partial charge in [0.05, 0.1) is 0 Å². The van der Waals surface area contributed by atoms with E-state index in [1.165, 1.54) is 49.9 Å². The van der Waals surface area contributed by atoms with E-state index in [9.17, 15) is 0 Å². The topological polar surface area (TPSA) is 6.48 Å². The molecule has 0 amide bonds. The fourth-order valence-corrected chi connectivity index (χ4v) is 3.88. The molecule has 25 heavy (non-hydrogen) atoms. The van der Waals surface area contributed by atoms with Crippen LogP contribution in [-0.2, 0) is 13.0 Å². The fraction of sp³-hybridized carbons (Fsp3) is 0.478. The van der Waals surface area contributed by atoms with Gasteiger partial charge in [0.2, 0.25) is 0 Å². The van der Waals surface area contributed by atoms with E-state index in [0.717, 1.165) is 25.6 Å². The van der Waals surface area contributed by atoms with Gasteiger partial charge in [0, 0.05) is 19.1 Å². The Morgan fingerprint density at radius 3 is 2.24 bits per heavy atom. The molecule has 0 spiro atoms. The molecule has 1 unspecified atom stereocenters. The minimum atomic E-state index is 0.767. The van der Waals surface area contributed by atoms with Crippen LogP contribution in [0.5, 0.6) is 0 Å². The predicted molar refractivity (Wildman–Crippen MR) is 107 cm³/mol. The second-order valence-corrected chi connectivity index (χ2v) is 7.42. The maximum absolute atomic E-state index is 2.64. The van der Waals surface area contributed by atoms with Crippen molar-refractivity contribution in [2.45, 2.75) is 44.7 Å². The number of hydrogen-bond donors (Lipinski definition) is 0. The van der Waals surface area contributed by atoms with Crippen LogP contribution in [0.1, 0.15) is 36.8 Å². The molecule has 1 saturated heterocycles. The maximum atomic E-state index is 2.64.